The first-order valence-corrected chi connectivity index (χ1v) is 25.3. The number of unbranched alkanes of at least 4 members (excludes halogenated alkanes) is 29. The molecule has 0 heterocycles. The van der Waals surface area contributed by atoms with Gasteiger partial charge in [-0.15, -0.1) is 0 Å². The van der Waals surface area contributed by atoms with E-state index in [9.17, 15) is 14.4 Å². The first-order valence-electron chi connectivity index (χ1n) is 25.3. The zero-order chi connectivity index (χ0) is 41.9. The van der Waals surface area contributed by atoms with Crippen LogP contribution in [0.25, 0.3) is 0 Å². The summed E-state index contributed by atoms with van der Waals surface area (Å²) < 4.78 is 16.8. The lowest BCUT2D eigenvalue weighted by molar-refractivity contribution is -0.167. The van der Waals surface area contributed by atoms with E-state index >= 15 is 0 Å². The quantitative estimate of drug-likeness (QED) is 0.0346. The minimum Gasteiger partial charge on any atom is -0.462 e. The Bertz CT molecular complexity index is 872. The molecular formula is C51H98O6. The Morgan fingerprint density at radius 3 is 1.00 bits per heavy atom. The second-order valence-electron chi connectivity index (χ2n) is 18.2. The van der Waals surface area contributed by atoms with Gasteiger partial charge >= 0.3 is 17.9 Å². The highest BCUT2D eigenvalue weighted by Gasteiger charge is 2.19. The van der Waals surface area contributed by atoms with Gasteiger partial charge in [0.25, 0.3) is 0 Å². The number of hydrogen-bond acceptors (Lipinski definition) is 6. The van der Waals surface area contributed by atoms with Gasteiger partial charge in [0.05, 0.1) is 0 Å². The number of esters is 3. The third-order valence-corrected chi connectivity index (χ3v) is 11.8. The minimum atomic E-state index is -0.760. The zero-order valence-electron chi connectivity index (χ0n) is 39.0. The van der Waals surface area contributed by atoms with Gasteiger partial charge in [-0.2, -0.15) is 0 Å². The summed E-state index contributed by atoms with van der Waals surface area (Å²) >= 11 is 0. The Morgan fingerprint density at radius 2 is 0.667 bits per heavy atom. The van der Waals surface area contributed by atoms with Crippen LogP contribution in [0.4, 0.5) is 0 Å². The van der Waals surface area contributed by atoms with Gasteiger partial charge in [-0.1, -0.05) is 240 Å². The molecule has 1 unspecified atom stereocenters. The molecular weight excluding hydrogens is 709 g/mol. The Hall–Kier alpha value is -1.59. The molecule has 0 saturated heterocycles. The molecule has 6 heteroatoms. The first-order chi connectivity index (χ1) is 27.8. The summed E-state index contributed by atoms with van der Waals surface area (Å²) in [5.74, 6) is 0.843. The summed E-state index contributed by atoms with van der Waals surface area (Å²) in [6, 6.07) is 0. The fourth-order valence-electron chi connectivity index (χ4n) is 7.60. The second kappa shape index (κ2) is 44.0. The van der Waals surface area contributed by atoms with E-state index in [2.05, 4.69) is 34.6 Å². The molecule has 2 atom stereocenters. The van der Waals surface area contributed by atoms with Gasteiger partial charge < -0.3 is 14.2 Å². The van der Waals surface area contributed by atoms with Crippen LogP contribution < -0.4 is 0 Å². The molecule has 0 aliphatic carbocycles. The van der Waals surface area contributed by atoms with E-state index in [0.29, 0.717) is 19.3 Å². The lowest BCUT2D eigenvalue weighted by Crippen LogP contribution is -2.30. The monoisotopic (exact) mass is 807 g/mol. The van der Waals surface area contributed by atoms with Gasteiger partial charge in [0.15, 0.2) is 6.10 Å². The highest BCUT2D eigenvalue weighted by molar-refractivity contribution is 5.71. The summed E-state index contributed by atoms with van der Waals surface area (Å²) in [6.07, 6.45) is 43.7. The SMILES string of the molecule is CCCCCCCCCCCC(=O)O[C@@H](COC(=O)CCCCCCCCCCCCCCCCCC(C)C)COC(=O)CCCCCCCCCCC(C)CC. The minimum absolute atomic E-state index is 0.0642. The molecule has 0 aromatic rings. The molecule has 0 rings (SSSR count). The van der Waals surface area contributed by atoms with E-state index in [0.717, 1.165) is 69.6 Å². The van der Waals surface area contributed by atoms with E-state index in [1.807, 2.05) is 0 Å². The van der Waals surface area contributed by atoms with Crippen LogP contribution in [-0.2, 0) is 28.6 Å². The maximum Gasteiger partial charge on any atom is 0.306 e. The van der Waals surface area contributed by atoms with Crippen LogP contribution >= 0.6 is 0 Å². The van der Waals surface area contributed by atoms with E-state index in [4.69, 9.17) is 14.2 Å². The van der Waals surface area contributed by atoms with Crippen molar-refractivity contribution in [2.75, 3.05) is 13.2 Å². The smallest absolute Gasteiger partial charge is 0.306 e. The van der Waals surface area contributed by atoms with Crippen molar-refractivity contribution in [2.24, 2.45) is 11.8 Å². The maximum atomic E-state index is 12.7. The molecule has 0 aromatic heterocycles. The van der Waals surface area contributed by atoms with E-state index < -0.39 is 6.10 Å². The number of carbonyl (C=O) groups is 3. The van der Waals surface area contributed by atoms with Crippen LogP contribution in [0.2, 0.25) is 0 Å². The first kappa shape index (κ1) is 55.4. The van der Waals surface area contributed by atoms with Crippen LogP contribution in [0.15, 0.2) is 0 Å². The molecule has 0 bridgehead atoms. The normalized spacial score (nSPS) is 12.5. The van der Waals surface area contributed by atoms with Gasteiger partial charge in [0.2, 0.25) is 0 Å². The molecule has 0 N–H and O–H groups in total. The second-order valence-corrected chi connectivity index (χ2v) is 18.2. The topological polar surface area (TPSA) is 78.9 Å². The molecule has 57 heavy (non-hydrogen) atoms. The highest BCUT2D eigenvalue weighted by atomic mass is 16.6. The summed E-state index contributed by atoms with van der Waals surface area (Å²) in [5.41, 5.74) is 0. The van der Waals surface area contributed by atoms with Crippen LogP contribution in [0.3, 0.4) is 0 Å². The van der Waals surface area contributed by atoms with E-state index in [1.165, 1.54) is 167 Å². The lowest BCUT2D eigenvalue weighted by Gasteiger charge is -2.18. The molecule has 0 amide bonds. The summed E-state index contributed by atoms with van der Waals surface area (Å²) in [6.45, 7) is 11.4. The zero-order valence-corrected chi connectivity index (χ0v) is 39.0. The van der Waals surface area contributed by atoms with Crippen LogP contribution in [-0.4, -0.2) is 37.2 Å². The van der Waals surface area contributed by atoms with Gasteiger partial charge in [-0.3, -0.25) is 14.4 Å². The third-order valence-electron chi connectivity index (χ3n) is 11.8. The van der Waals surface area contributed by atoms with Crippen molar-refractivity contribution < 1.29 is 28.6 Å². The van der Waals surface area contributed by atoms with Crippen LogP contribution in [0.1, 0.15) is 279 Å². The number of rotatable bonds is 45. The lowest BCUT2D eigenvalue weighted by atomic mass is 9.99. The summed E-state index contributed by atoms with van der Waals surface area (Å²) in [4.78, 5) is 37.8. The predicted molar refractivity (Wildman–Crippen MR) is 243 cm³/mol. The van der Waals surface area contributed by atoms with Crippen LogP contribution in [0.5, 0.6) is 0 Å². The average Bonchev–Trinajstić information content (AvgIpc) is 3.19. The molecule has 0 saturated carbocycles. The van der Waals surface area contributed by atoms with Gasteiger partial charge in [-0.25, -0.2) is 0 Å². The number of hydrogen-bond donors (Lipinski definition) is 0. The molecule has 0 fully saturated rings. The van der Waals surface area contributed by atoms with Crippen molar-refractivity contribution in [3.8, 4) is 0 Å². The van der Waals surface area contributed by atoms with Crippen molar-refractivity contribution in [2.45, 2.75) is 285 Å². The Balaban J connectivity index is 4.23. The predicted octanol–water partition coefficient (Wildman–Crippen LogP) is 16.1. The van der Waals surface area contributed by atoms with Crippen molar-refractivity contribution in [1.29, 1.82) is 0 Å². The van der Waals surface area contributed by atoms with Gasteiger partial charge in [0, 0.05) is 19.3 Å². The summed E-state index contributed by atoms with van der Waals surface area (Å²) in [5, 5.41) is 0. The molecule has 0 aromatic carbocycles. The van der Waals surface area contributed by atoms with E-state index in [-0.39, 0.29) is 31.1 Å². The highest BCUT2D eigenvalue weighted by Crippen LogP contribution is 2.18. The van der Waals surface area contributed by atoms with Crippen molar-refractivity contribution in [3.63, 3.8) is 0 Å². The maximum absolute atomic E-state index is 12.7. The number of carbonyl (C=O) groups excluding carboxylic acids is 3. The molecule has 0 aliphatic heterocycles. The van der Waals surface area contributed by atoms with Gasteiger partial charge in [0.1, 0.15) is 13.2 Å². The molecule has 338 valence electrons. The fraction of sp³-hybridized carbons (Fsp3) is 0.941. The Labute approximate surface area is 355 Å². The number of ether oxygens (including phenoxy) is 3. The Morgan fingerprint density at radius 1 is 0.368 bits per heavy atom. The van der Waals surface area contributed by atoms with Crippen molar-refractivity contribution in [1.82, 2.24) is 0 Å². The molecule has 0 aliphatic rings. The Kier molecular flexibility index (Phi) is 42.7. The van der Waals surface area contributed by atoms with Gasteiger partial charge in [-0.05, 0) is 31.1 Å². The van der Waals surface area contributed by atoms with Crippen LogP contribution in [0, 0.1) is 11.8 Å². The fourth-order valence-corrected chi connectivity index (χ4v) is 7.60. The third kappa shape index (κ3) is 43.8. The van der Waals surface area contributed by atoms with Crippen molar-refractivity contribution >= 4 is 17.9 Å². The molecule has 6 nitrogen and oxygen atoms in total. The standard InChI is InChI=1S/C51H98O6/c1-6-8-9-10-11-19-28-33-38-43-51(54)57-48(45-56-50(53)42-37-32-27-23-22-25-30-35-40-47(5)7-2)44-55-49(52)41-36-31-26-21-18-16-14-12-13-15-17-20-24-29-34-39-46(3)4/h46-48H,6-45H2,1-5H3/t47?,48-/m0/s1. The largest absolute Gasteiger partial charge is 0.462 e. The summed E-state index contributed by atoms with van der Waals surface area (Å²) in [7, 11) is 0. The molecule has 0 spiro atoms. The van der Waals surface area contributed by atoms with E-state index in [1.54, 1.807) is 0 Å². The van der Waals surface area contributed by atoms with Crippen molar-refractivity contribution in [3.05, 3.63) is 0 Å². The average molecular weight is 807 g/mol. The molecule has 0 radical (unpaired) electrons.